The molecule has 0 amide bonds. The summed E-state index contributed by atoms with van der Waals surface area (Å²) >= 11 is 17.7. The normalized spacial score (nSPS) is 18.9. The molecule has 0 unspecified atom stereocenters. The van der Waals surface area contributed by atoms with Gasteiger partial charge in [0.1, 0.15) is 4.90 Å². The van der Waals surface area contributed by atoms with Crippen LogP contribution >= 0.6 is 34.8 Å². The molecule has 0 atom stereocenters. The van der Waals surface area contributed by atoms with Crippen LogP contribution in [0.2, 0.25) is 10.0 Å². The molecule has 112 valence electrons. The summed E-state index contributed by atoms with van der Waals surface area (Å²) in [4.78, 5) is -0.0392. The molecule has 0 saturated carbocycles. The summed E-state index contributed by atoms with van der Waals surface area (Å²) in [5, 5.41) is 0.431. The van der Waals surface area contributed by atoms with E-state index >= 15 is 0 Å². The maximum atomic E-state index is 12.5. The zero-order valence-corrected chi connectivity index (χ0v) is 13.6. The van der Waals surface area contributed by atoms with Crippen LogP contribution in [0, 0.1) is 0 Å². The number of hydrogen-bond donors (Lipinski definition) is 1. The summed E-state index contributed by atoms with van der Waals surface area (Å²) in [5.74, 6) is 0.174. The molecular weight excluding hydrogens is 345 g/mol. The smallest absolute Gasteiger partial charge is 0.242 e. The Morgan fingerprint density at radius 1 is 1.25 bits per heavy atom. The Morgan fingerprint density at radius 2 is 1.90 bits per heavy atom. The van der Waals surface area contributed by atoms with Crippen LogP contribution in [-0.4, -0.2) is 33.1 Å². The molecule has 1 saturated heterocycles. The average Bonchev–Trinajstić information content (AvgIpc) is 2.42. The van der Waals surface area contributed by atoms with Crippen molar-refractivity contribution < 1.29 is 13.2 Å². The number of hydrogen-bond acceptors (Lipinski definition) is 3. The summed E-state index contributed by atoms with van der Waals surface area (Å²) < 4.78 is 32.9. The average molecular weight is 359 g/mol. The van der Waals surface area contributed by atoms with Gasteiger partial charge in [0.25, 0.3) is 0 Å². The van der Waals surface area contributed by atoms with E-state index in [1.54, 1.807) is 0 Å². The van der Waals surface area contributed by atoms with E-state index in [-0.39, 0.29) is 15.8 Å². The highest BCUT2D eigenvalue weighted by atomic mass is 35.5. The highest BCUT2D eigenvalue weighted by Gasteiger charge is 2.37. The molecule has 2 rings (SSSR count). The minimum absolute atomic E-state index is 0.0392. The molecule has 0 spiro atoms. The zero-order valence-electron chi connectivity index (χ0n) is 10.5. The summed E-state index contributed by atoms with van der Waals surface area (Å²) in [5.41, 5.74) is -0.704. The number of alkyl halides is 1. The number of rotatable bonds is 4. The van der Waals surface area contributed by atoms with Gasteiger partial charge in [-0.15, -0.1) is 11.6 Å². The first-order valence-electron chi connectivity index (χ1n) is 6.01. The monoisotopic (exact) mass is 357 g/mol. The van der Waals surface area contributed by atoms with Crippen LogP contribution in [-0.2, 0) is 14.8 Å². The van der Waals surface area contributed by atoms with Crippen LogP contribution in [0.1, 0.15) is 12.8 Å². The van der Waals surface area contributed by atoms with Crippen molar-refractivity contribution in [1.82, 2.24) is 4.72 Å². The summed E-state index contributed by atoms with van der Waals surface area (Å²) in [7, 11) is -3.79. The fraction of sp³-hybridized carbons (Fsp3) is 0.500. The zero-order chi connectivity index (χ0) is 14.8. The minimum atomic E-state index is -3.79. The van der Waals surface area contributed by atoms with Crippen molar-refractivity contribution in [3.63, 3.8) is 0 Å². The van der Waals surface area contributed by atoms with Gasteiger partial charge in [-0.1, -0.05) is 23.2 Å². The van der Waals surface area contributed by atoms with Crippen LogP contribution < -0.4 is 4.72 Å². The first-order chi connectivity index (χ1) is 9.38. The quantitative estimate of drug-likeness (QED) is 0.842. The molecule has 1 fully saturated rings. The maximum absolute atomic E-state index is 12.5. The Balaban J connectivity index is 2.32. The number of nitrogens with one attached hydrogen (secondary N) is 1. The van der Waals surface area contributed by atoms with E-state index in [0.717, 1.165) is 0 Å². The Morgan fingerprint density at radius 3 is 2.50 bits per heavy atom. The van der Waals surface area contributed by atoms with E-state index in [2.05, 4.69) is 4.72 Å². The predicted octanol–water partition coefficient (Wildman–Crippen LogP) is 3.06. The highest BCUT2D eigenvalue weighted by Crippen LogP contribution is 2.29. The lowest BCUT2D eigenvalue weighted by molar-refractivity contribution is 0.0549. The van der Waals surface area contributed by atoms with Gasteiger partial charge in [-0.2, -0.15) is 0 Å². The second-order valence-electron chi connectivity index (χ2n) is 4.71. The molecule has 1 aliphatic rings. The highest BCUT2D eigenvalue weighted by molar-refractivity contribution is 7.89. The molecule has 4 nitrogen and oxygen atoms in total. The fourth-order valence-electron chi connectivity index (χ4n) is 2.05. The Labute approximate surface area is 133 Å². The van der Waals surface area contributed by atoms with Crippen molar-refractivity contribution in [1.29, 1.82) is 0 Å². The van der Waals surface area contributed by atoms with Gasteiger partial charge >= 0.3 is 0 Å². The van der Waals surface area contributed by atoms with Gasteiger partial charge in [0.15, 0.2) is 0 Å². The number of ether oxygens (including phenoxy) is 1. The van der Waals surface area contributed by atoms with Crippen molar-refractivity contribution in [3.05, 3.63) is 28.2 Å². The SMILES string of the molecule is O=S(=O)(NC1(CCl)CCOCC1)c1cc(Cl)ccc1Cl. The molecule has 8 heteroatoms. The van der Waals surface area contributed by atoms with Crippen molar-refractivity contribution in [3.8, 4) is 0 Å². The largest absolute Gasteiger partial charge is 0.381 e. The summed E-state index contributed by atoms with van der Waals surface area (Å²) in [6.45, 7) is 0.942. The summed E-state index contributed by atoms with van der Waals surface area (Å²) in [6, 6.07) is 4.32. The lowest BCUT2D eigenvalue weighted by Gasteiger charge is -2.35. The number of sulfonamides is 1. The number of halogens is 3. The number of benzene rings is 1. The molecule has 20 heavy (non-hydrogen) atoms. The van der Waals surface area contributed by atoms with Gasteiger partial charge in [-0.05, 0) is 31.0 Å². The molecule has 1 aliphatic heterocycles. The maximum Gasteiger partial charge on any atom is 0.242 e. The second-order valence-corrected chi connectivity index (χ2v) is 7.47. The first-order valence-corrected chi connectivity index (χ1v) is 8.79. The van der Waals surface area contributed by atoms with Crippen LogP contribution in [0.15, 0.2) is 23.1 Å². The third kappa shape index (κ3) is 3.59. The minimum Gasteiger partial charge on any atom is -0.381 e. The molecule has 0 bridgehead atoms. The topological polar surface area (TPSA) is 55.4 Å². The van der Waals surface area contributed by atoms with Gasteiger partial charge in [0, 0.05) is 24.1 Å². The molecule has 0 aromatic heterocycles. The van der Waals surface area contributed by atoms with Gasteiger partial charge in [-0.25, -0.2) is 13.1 Å². The molecular formula is C12H14Cl3NO3S. The van der Waals surface area contributed by atoms with Gasteiger partial charge in [-0.3, -0.25) is 0 Å². The molecule has 0 radical (unpaired) electrons. The summed E-state index contributed by atoms with van der Waals surface area (Å²) in [6.07, 6.45) is 1.04. The molecule has 1 heterocycles. The first kappa shape index (κ1) is 16.3. The van der Waals surface area contributed by atoms with Crippen LogP contribution in [0.4, 0.5) is 0 Å². The van der Waals surface area contributed by atoms with Crippen molar-refractivity contribution in [2.75, 3.05) is 19.1 Å². The van der Waals surface area contributed by atoms with Crippen LogP contribution in [0.5, 0.6) is 0 Å². The van der Waals surface area contributed by atoms with E-state index in [0.29, 0.717) is 31.1 Å². The third-order valence-electron chi connectivity index (χ3n) is 3.24. The predicted molar refractivity (Wildman–Crippen MR) is 80.3 cm³/mol. The Hall–Kier alpha value is -0.0400. The molecule has 1 aromatic rings. The Bertz CT molecular complexity index is 586. The van der Waals surface area contributed by atoms with E-state index in [1.165, 1.54) is 18.2 Å². The van der Waals surface area contributed by atoms with Crippen molar-refractivity contribution in [2.45, 2.75) is 23.3 Å². The molecule has 1 aromatic carbocycles. The fourth-order valence-corrected chi connectivity index (χ4v) is 4.68. The van der Waals surface area contributed by atoms with Gasteiger partial charge in [0.2, 0.25) is 10.0 Å². The van der Waals surface area contributed by atoms with Gasteiger partial charge < -0.3 is 4.74 Å². The van der Waals surface area contributed by atoms with Crippen molar-refractivity contribution in [2.24, 2.45) is 0 Å². The Kier molecular flexibility index (Phi) is 5.21. The van der Waals surface area contributed by atoms with Gasteiger partial charge in [0.05, 0.1) is 10.6 Å². The van der Waals surface area contributed by atoms with E-state index < -0.39 is 15.6 Å². The second kappa shape index (κ2) is 6.38. The molecule has 1 N–H and O–H groups in total. The van der Waals surface area contributed by atoms with Crippen molar-refractivity contribution >= 4 is 44.8 Å². The molecule has 0 aliphatic carbocycles. The third-order valence-corrected chi connectivity index (χ3v) is 6.05. The lowest BCUT2D eigenvalue weighted by atomic mass is 9.94. The van der Waals surface area contributed by atoms with Crippen LogP contribution in [0.25, 0.3) is 0 Å². The standard InChI is InChI=1S/C12H14Cl3NO3S/c13-8-12(3-5-19-6-4-12)16-20(17,18)11-7-9(14)1-2-10(11)15/h1-2,7,16H,3-6,8H2. The van der Waals surface area contributed by atoms with E-state index in [1.807, 2.05) is 0 Å². The van der Waals surface area contributed by atoms with E-state index in [9.17, 15) is 8.42 Å². The van der Waals surface area contributed by atoms with Crippen LogP contribution in [0.3, 0.4) is 0 Å². The van der Waals surface area contributed by atoms with E-state index in [4.69, 9.17) is 39.5 Å². The lowest BCUT2D eigenvalue weighted by Crippen LogP contribution is -2.53.